The summed E-state index contributed by atoms with van der Waals surface area (Å²) in [6.07, 6.45) is 0.806. The molecule has 0 spiro atoms. The van der Waals surface area contributed by atoms with Gasteiger partial charge in [0, 0.05) is 44.7 Å². The van der Waals surface area contributed by atoms with Gasteiger partial charge in [0.05, 0.1) is 5.69 Å². The van der Waals surface area contributed by atoms with Crippen molar-refractivity contribution in [3.8, 4) is 11.3 Å². The van der Waals surface area contributed by atoms with E-state index in [9.17, 15) is 14.0 Å². The molecule has 2 aliphatic rings. The van der Waals surface area contributed by atoms with E-state index < -0.39 is 0 Å². The van der Waals surface area contributed by atoms with Gasteiger partial charge in [-0.2, -0.15) is 5.10 Å². The molecule has 0 unspecified atom stereocenters. The Hall–Kier alpha value is -3.48. The Morgan fingerprint density at radius 2 is 1.59 bits per heavy atom. The first kappa shape index (κ1) is 20.4. The topological polar surface area (TPSA) is 58.4 Å². The predicted octanol–water partition coefficient (Wildman–Crippen LogP) is 3.31. The molecule has 7 heteroatoms. The first-order valence-corrected chi connectivity index (χ1v) is 10.9. The molecule has 0 radical (unpaired) electrons. The van der Waals surface area contributed by atoms with Gasteiger partial charge in [-0.3, -0.25) is 14.3 Å². The quantitative estimate of drug-likeness (QED) is 0.636. The van der Waals surface area contributed by atoms with Crippen molar-refractivity contribution >= 4 is 11.8 Å². The van der Waals surface area contributed by atoms with Crippen LogP contribution in [0, 0.1) is 11.7 Å². The highest BCUT2D eigenvalue weighted by Crippen LogP contribution is 2.48. The summed E-state index contributed by atoms with van der Waals surface area (Å²) in [5, 5.41) is 4.50. The number of piperazine rings is 1. The smallest absolute Gasteiger partial charge is 0.272 e. The van der Waals surface area contributed by atoms with Crippen molar-refractivity contribution in [3.63, 3.8) is 0 Å². The van der Waals surface area contributed by atoms with Gasteiger partial charge in [-0.05, 0) is 36.1 Å². The van der Waals surface area contributed by atoms with Crippen molar-refractivity contribution in [2.45, 2.75) is 12.3 Å². The standard InChI is InChI=1S/C25H25FN4O2/c1-28-23(16-22(27-28)18-5-3-2-4-6-18)25(32)30-13-11-29(12-14-30)24(31)21-15-20(21)17-7-9-19(26)10-8-17/h2-10,16,20-21H,11-15H2,1H3/t20-,21-/m1/s1. The van der Waals surface area contributed by atoms with Crippen LogP contribution in [0.25, 0.3) is 11.3 Å². The molecular weight excluding hydrogens is 407 g/mol. The third-order valence-electron chi connectivity index (χ3n) is 6.45. The Balaban J connectivity index is 1.19. The van der Waals surface area contributed by atoms with Gasteiger partial charge in [0.2, 0.25) is 5.91 Å². The number of halogens is 1. The number of hydrogen-bond donors (Lipinski definition) is 0. The van der Waals surface area contributed by atoms with Gasteiger partial charge in [0.25, 0.3) is 5.91 Å². The number of amides is 2. The van der Waals surface area contributed by atoms with Crippen molar-refractivity contribution in [3.05, 3.63) is 77.7 Å². The first-order valence-electron chi connectivity index (χ1n) is 10.9. The molecule has 1 aromatic heterocycles. The predicted molar refractivity (Wildman–Crippen MR) is 118 cm³/mol. The minimum absolute atomic E-state index is 0.0341. The zero-order valence-electron chi connectivity index (χ0n) is 17.9. The Labute approximate surface area is 186 Å². The van der Waals surface area contributed by atoms with Crippen LogP contribution in [0.3, 0.4) is 0 Å². The number of benzene rings is 2. The van der Waals surface area contributed by atoms with Crippen molar-refractivity contribution in [1.29, 1.82) is 0 Å². The Morgan fingerprint density at radius 1 is 0.938 bits per heavy atom. The van der Waals surface area contributed by atoms with Gasteiger partial charge in [0.1, 0.15) is 11.5 Å². The average molecular weight is 432 g/mol. The number of carbonyl (C=O) groups is 2. The lowest BCUT2D eigenvalue weighted by atomic mass is 10.1. The fourth-order valence-electron chi connectivity index (χ4n) is 4.49. The summed E-state index contributed by atoms with van der Waals surface area (Å²) in [4.78, 5) is 29.6. The summed E-state index contributed by atoms with van der Waals surface area (Å²) in [7, 11) is 1.78. The van der Waals surface area contributed by atoms with Gasteiger partial charge < -0.3 is 9.80 Å². The Morgan fingerprint density at radius 3 is 2.28 bits per heavy atom. The molecule has 3 aromatic rings. The van der Waals surface area contributed by atoms with E-state index >= 15 is 0 Å². The highest BCUT2D eigenvalue weighted by molar-refractivity contribution is 5.94. The fourth-order valence-corrected chi connectivity index (χ4v) is 4.49. The first-order chi connectivity index (χ1) is 15.5. The number of aryl methyl sites for hydroxylation is 1. The summed E-state index contributed by atoms with van der Waals surface area (Å²) >= 11 is 0. The lowest BCUT2D eigenvalue weighted by Crippen LogP contribution is -2.51. The van der Waals surface area contributed by atoms with E-state index in [2.05, 4.69) is 5.10 Å². The van der Waals surface area contributed by atoms with Crippen molar-refractivity contribution in [2.75, 3.05) is 26.2 Å². The van der Waals surface area contributed by atoms with Crippen LogP contribution in [-0.2, 0) is 11.8 Å². The summed E-state index contributed by atoms with van der Waals surface area (Å²) < 4.78 is 14.8. The molecule has 164 valence electrons. The minimum atomic E-state index is -0.262. The molecule has 2 atom stereocenters. The fraction of sp³-hybridized carbons (Fsp3) is 0.320. The number of rotatable bonds is 4. The summed E-state index contributed by atoms with van der Waals surface area (Å²) in [5.74, 6) is -0.0487. The van der Waals surface area contributed by atoms with E-state index in [0.717, 1.165) is 23.2 Å². The molecule has 1 saturated heterocycles. The summed E-state index contributed by atoms with van der Waals surface area (Å²) in [6, 6.07) is 18.0. The molecule has 6 nitrogen and oxygen atoms in total. The van der Waals surface area contributed by atoms with Gasteiger partial charge in [-0.25, -0.2) is 4.39 Å². The number of hydrogen-bond acceptors (Lipinski definition) is 3. The Bertz CT molecular complexity index is 1130. The maximum absolute atomic E-state index is 13.1. The highest BCUT2D eigenvalue weighted by Gasteiger charge is 2.46. The maximum atomic E-state index is 13.1. The number of nitrogens with zero attached hydrogens (tertiary/aromatic N) is 4. The number of aromatic nitrogens is 2. The average Bonchev–Trinajstić information content (AvgIpc) is 3.53. The maximum Gasteiger partial charge on any atom is 0.272 e. The Kier molecular flexibility index (Phi) is 5.25. The molecule has 1 aliphatic carbocycles. The lowest BCUT2D eigenvalue weighted by molar-refractivity contribution is -0.134. The van der Waals surface area contributed by atoms with Crippen LogP contribution < -0.4 is 0 Å². The summed E-state index contributed by atoms with van der Waals surface area (Å²) in [5.41, 5.74) is 3.30. The molecule has 32 heavy (non-hydrogen) atoms. The molecule has 2 fully saturated rings. The van der Waals surface area contributed by atoms with Crippen LogP contribution in [0.5, 0.6) is 0 Å². The van der Waals surface area contributed by atoms with E-state index in [1.54, 1.807) is 28.8 Å². The van der Waals surface area contributed by atoms with E-state index in [4.69, 9.17) is 0 Å². The van der Waals surface area contributed by atoms with Crippen LogP contribution in [0.4, 0.5) is 4.39 Å². The molecule has 2 heterocycles. The molecule has 0 bridgehead atoms. The molecule has 0 N–H and O–H groups in total. The monoisotopic (exact) mass is 432 g/mol. The normalized spacial score (nSPS) is 20.3. The van der Waals surface area contributed by atoms with Crippen molar-refractivity contribution in [1.82, 2.24) is 19.6 Å². The third kappa shape index (κ3) is 3.90. The zero-order chi connectivity index (χ0) is 22.2. The van der Waals surface area contributed by atoms with Gasteiger partial charge in [0.15, 0.2) is 0 Å². The number of carbonyl (C=O) groups excluding carboxylic acids is 2. The molecule has 2 amide bonds. The van der Waals surface area contributed by atoms with E-state index in [0.29, 0.717) is 31.9 Å². The van der Waals surface area contributed by atoms with Crippen LogP contribution in [0.15, 0.2) is 60.7 Å². The van der Waals surface area contributed by atoms with Gasteiger partial charge in [-0.15, -0.1) is 0 Å². The van der Waals surface area contributed by atoms with Crippen LogP contribution in [0.1, 0.15) is 28.4 Å². The molecule has 2 aromatic carbocycles. The largest absolute Gasteiger partial charge is 0.339 e. The van der Waals surface area contributed by atoms with E-state index in [1.165, 1.54) is 12.1 Å². The van der Waals surface area contributed by atoms with Gasteiger partial charge >= 0.3 is 0 Å². The van der Waals surface area contributed by atoms with Crippen LogP contribution in [-0.4, -0.2) is 57.6 Å². The van der Waals surface area contributed by atoms with Crippen molar-refractivity contribution in [2.24, 2.45) is 13.0 Å². The molecule has 5 rings (SSSR count). The van der Waals surface area contributed by atoms with E-state index in [-0.39, 0.29) is 29.5 Å². The van der Waals surface area contributed by atoms with Gasteiger partial charge in [-0.1, -0.05) is 42.5 Å². The van der Waals surface area contributed by atoms with Crippen LogP contribution >= 0.6 is 0 Å². The second-order valence-corrected chi connectivity index (χ2v) is 8.52. The second-order valence-electron chi connectivity index (χ2n) is 8.52. The second kappa shape index (κ2) is 8.22. The van der Waals surface area contributed by atoms with Crippen molar-refractivity contribution < 1.29 is 14.0 Å². The minimum Gasteiger partial charge on any atom is -0.339 e. The summed E-state index contributed by atoms with van der Waals surface area (Å²) in [6.45, 7) is 2.07. The zero-order valence-corrected chi connectivity index (χ0v) is 17.9. The SMILES string of the molecule is Cn1nc(-c2ccccc2)cc1C(=O)N1CCN(C(=O)[C@@H]2C[C@@H]2c2ccc(F)cc2)CC1. The molecule has 1 saturated carbocycles. The molecule has 1 aliphatic heterocycles. The van der Waals surface area contributed by atoms with Crippen LogP contribution in [0.2, 0.25) is 0 Å². The van der Waals surface area contributed by atoms with E-state index in [1.807, 2.05) is 41.3 Å². The third-order valence-corrected chi connectivity index (χ3v) is 6.45. The lowest BCUT2D eigenvalue weighted by Gasteiger charge is -2.35. The molecular formula is C25H25FN4O2. The highest BCUT2D eigenvalue weighted by atomic mass is 19.1.